The molecule has 0 spiro atoms. The third kappa shape index (κ3) is 5.50. The van der Waals surface area contributed by atoms with E-state index in [0.29, 0.717) is 6.54 Å². The number of guanidine groups is 1. The van der Waals surface area contributed by atoms with Crippen LogP contribution in [0.5, 0.6) is 0 Å². The van der Waals surface area contributed by atoms with E-state index >= 15 is 0 Å². The van der Waals surface area contributed by atoms with E-state index in [1.54, 1.807) is 0 Å². The minimum atomic E-state index is 0.255. The number of rotatable bonds is 7. The van der Waals surface area contributed by atoms with Crippen molar-refractivity contribution in [2.45, 2.75) is 53.6 Å². The Morgan fingerprint density at radius 3 is 2.54 bits per heavy atom. The first kappa shape index (κ1) is 21.8. The highest BCUT2D eigenvalue weighted by molar-refractivity contribution is 5.80. The minimum absolute atomic E-state index is 0.255. The lowest BCUT2D eigenvalue weighted by atomic mass is 10.1. The quantitative estimate of drug-likeness (QED) is 0.569. The molecule has 2 rings (SSSR count). The molecule has 0 bridgehead atoms. The molecule has 154 valence electrons. The summed E-state index contributed by atoms with van der Waals surface area (Å²) in [7, 11) is 6.15. The topological polar surface area (TPSA) is 57.5 Å². The Balaban J connectivity index is 2.12. The van der Waals surface area contributed by atoms with Crippen molar-refractivity contribution >= 4 is 11.6 Å². The second-order valence-corrected chi connectivity index (χ2v) is 7.74. The van der Waals surface area contributed by atoms with Gasteiger partial charge in [-0.15, -0.1) is 0 Å². The van der Waals surface area contributed by atoms with Crippen molar-refractivity contribution in [3.8, 4) is 0 Å². The Morgan fingerprint density at radius 2 is 1.96 bits per heavy atom. The Hall–Kier alpha value is -2.50. The van der Waals surface area contributed by atoms with E-state index < -0.39 is 0 Å². The molecule has 0 aliphatic rings. The summed E-state index contributed by atoms with van der Waals surface area (Å²) in [6.45, 7) is 12.1. The molecule has 6 nitrogen and oxygen atoms in total. The normalized spacial score (nSPS) is 12.8. The summed E-state index contributed by atoms with van der Waals surface area (Å²) in [5.41, 5.74) is 7.34. The van der Waals surface area contributed by atoms with Gasteiger partial charge >= 0.3 is 0 Å². The van der Waals surface area contributed by atoms with Crippen molar-refractivity contribution in [1.29, 1.82) is 0 Å². The minimum Gasteiger partial charge on any atom is -0.377 e. The van der Waals surface area contributed by atoms with Gasteiger partial charge in [0, 0.05) is 45.1 Å². The van der Waals surface area contributed by atoms with Crippen molar-refractivity contribution in [2.24, 2.45) is 12.0 Å². The third-order valence-electron chi connectivity index (χ3n) is 5.03. The maximum atomic E-state index is 4.84. The third-order valence-corrected chi connectivity index (χ3v) is 5.03. The summed E-state index contributed by atoms with van der Waals surface area (Å²) in [6, 6.07) is 6.78. The number of aliphatic imine (C=N–C) groups is 1. The van der Waals surface area contributed by atoms with Gasteiger partial charge in [-0.3, -0.25) is 4.68 Å². The fourth-order valence-corrected chi connectivity index (χ4v) is 3.41. The van der Waals surface area contributed by atoms with Crippen LogP contribution in [0.15, 0.2) is 23.2 Å². The van der Waals surface area contributed by atoms with Crippen LogP contribution in [0.25, 0.3) is 0 Å². The number of aromatic nitrogens is 2. The first-order chi connectivity index (χ1) is 13.2. The molecule has 0 aliphatic carbocycles. The number of nitrogens with zero attached hydrogens (tertiary/aromatic N) is 4. The summed E-state index contributed by atoms with van der Waals surface area (Å²) < 4.78 is 1.96. The van der Waals surface area contributed by atoms with Crippen LogP contribution in [0.4, 0.5) is 5.69 Å². The lowest BCUT2D eigenvalue weighted by Crippen LogP contribution is -2.43. The Labute approximate surface area is 170 Å². The molecule has 0 saturated carbocycles. The molecule has 1 aromatic heterocycles. The smallest absolute Gasteiger partial charge is 0.191 e. The number of hydrogen-bond donors (Lipinski definition) is 2. The van der Waals surface area contributed by atoms with E-state index in [1.165, 1.54) is 28.1 Å². The number of anilines is 1. The Morgan fingerprint density at radius 1 is 1.25 bits per heavy atom. The zero-order valence-electron chi connectivity index (χ0n) is 18.7. The van der Waals surface area contributed by atoms with Crippen LogP contribution in [0.2, 0.25) is 0 Å². The van der Waals surface area contributed by atoms with Gasteiger partial charge in [0.2, 0.25) is 0 Å². The van der Waals surface area contributed by atoms with Gasteiger partial charge in [-0.1, -0.05) is 12.1 Å². The van der Waals surface area contributed by atoms with Crippen molar-refractivity contribution in [2.75, 3.05) is 25.5 Å². The molecule has 1 heterocycles. The Bertz CT molecular complexity index is 819. The molecule has 1 atom stereocenters. The van der Waals surface area contributed by atoms with Crippen LogP contribution in [-0.2, 0) is 20.0 Å². The van der Waals surface area contributed by atoms with E-state index in [-0.39, 0.29) is 6.04 Å². The van der Waals surface area contributed by atoms with Crippen LogP contribution >= 0.6 is 0 Å². The molecular formula is C22H36N6. The van der Waals surface area contributed by atoms with E-state index in [9.17, 15) is 0 Å². The van der Waals surface area contributed by atoms with Gasteiger partial charge in [-0.25, -0.2) is 4.99 Å². The summed E-state index contributed by atoms with van der Waals surface area (Å²) in [4.78, 5) is 6.98. The second-order valence-electron chi connectivity index (χ2n) is 7.74. The van der Waals surface area contributed by atoms with Gasteiger partial charge in [-0.05, 0) is 63.8 Å². The largest absolute Gasteiger partial charge is 0.377 e. The van der Waals surface area contributed by atoms with Crippen LogP contribution in [0.3, 0.4) is 0 Å². The zero-order valence-corrected chi connectivity index (χ0v) is 18.7. The van der Waals surface area contributed by atoms with E-state index in [0.717, 1.165) is 24.6 Å². The van der Waals surface area contributed by atoms with Crippen molar-refractivity contribution < 1.29 is 0 Å². The molecular weight excluding hydrogens is 348 g/mol. The molecule has 2 aromatic rings. The van der Waals surface area contributed by atoms with Gasteiger partial charge in [0.1, 0.15) is 0 Å². The molecule has 0 radical (unpaired) electrons. The maximum absolute atomic E-state index is 4.84. The predicted octanol–water partition coefficient (Wildman–Crippen LogP) is 3.10. The lowest BCUT2D eigenvalue weighted by Gasteiger charge is -2.20. The molecule has 6 heteroatoms. The van der Waals surface area contributed by atoms with E-state index in [2.05, 4.69) is 87.5 Å². The Kier molecular flexibility index (Phi) is 7.49. The monoisotopic (exact) mass is 384 g/mol. The highest BCUT2D eigenvalue weighted by atomic mass is 15.3. The standard InChI is InChI=1S/C22H36N6/c1-9-23-22(24-14-19-11-10-15(2)12-21(19)27(6)7)25-16(3)13-20-17(4)26-28(8)18(20)5/h10-12,16H,9,13-14H2,1-8H3,(H2,23,24,25). The maximum Gasteiger partial charge on any atom is 0.191 e. The number of hydrogen-bond acceptors (Lipinski definition) is 3. The van der Waals surface area contributed by atoms with Gasteiger partial charge in [0.15, 0.2) is 5.96 Å². The number of benzene rings is 1. The molecule has 0 aliphatic heterocycles. The van der Waals surface area contributed by atoms with Crippen molar-refractivity contribution in [1.82, 2.24) is 20.4 Å². The molecule has 1 unspecified atom stereocenters. The second kappa shape index (κ2) is 9.62. The SMILES string of the molecule is CCNC(=NCc1ccc(C)cc1N(C)C)NC(C)Cc1c(C)nn(C)c1C. The van der Waals surface area contributed by atoms with Gasteiger partial charge in [0.25, 0.3) is 0 Å². The fourth-order valence-electron chi connectivity index (χ4n) is 3.41. The molecule has 1 aromatic carbocycles. The number of aryl methyl sites for hydroxylation is 3. The summed E-state index contributed by atoms with van der Waals surface area (Å²) in [6.07, 6.45) is 0.920. The van der Waals surface area contributed by atoms with Crippen LogP contribution in [0, 0.1) is 20.8 Å². The highest BCUT2D eigenvalue weighted by Gasteiger charge is 2.14. The van der Waals surface area contributed by atoms with Gasteiger partial charge in [0.05, 0.1) is 12.2 Å². The first-order valence-corrected chi connectivity index (χ1v) is 10.0. The zero-order chi connectivity index (χ0) is 20.8. The average Bonchev–Trinajstić information content (AvgIpc) is 2.86. The van der Waals surface area contributed by atoms with Crippen LogP contribution in [-0.4, -0.2) is 42.4 Å². The summed E-state index contributed by atoms with van der Waals surface area (Å²) in [5, 5.41) is 11.4. The van der Waals surface area contributed by atoms with Crippen LogP contribution in [0.1, 0.15) is 41.9 Å². The molecule has 0 amide bonds. The van der Waals surface area contributed by atoms with E-state index in [1.807, 2.05) is 11.7 Å². The van der Waals surface area contributed by atoms with Crippen LogP contribution < -0.4 is 15.5 Å². The first-order valence-electron chi connectivity index (χ1n) is 10.0. The van der Waals surface area contributed by atoms with Gasteiger partial charge in [-0.2, -0.15) is 5.10 Å². The lowest BCUT2D eigenvalue weighted by molar-refractivity contribution is 0.635. The average molecular weight is 385 g/mol. The fraction of sp³-hybridized carbons (Fsp3) is 0.545. The molecule has 0 saturated heterocycles. The molecule has 28 heavy (non-hydrogen) atoms. The summed E-state index contributed by atoms with van der Waals surface area (Å²) in [5.74, 6) is 0.847. The summed E-state index contributed by atoms with van der Waals surface area (Å²) >= 11 is 0. The van der Waals surface area contributed by atoms with Crippen molar-refractivity contribution in [3.63, 3.8) is 0 Å². The van der Waals surface area contributed by atoms with Gasteiger partial charge < -0.3 is 15.5 Å². The molecule has 2 N–H and O–H groups in total. The molecule has 0 fully saturated rings. The highest BCUT2D eigenvalue weighted by Crippen LogP contribution is 2.21. The predicted molar refractivity (Wildman–Crippen MR) is 119 cm³/mol. The van der Waals surface area contributed by atoms with E-state index in [4.69, 9.17) is 4.99 Å². The number of nitrogens with one attached hydrogen (secondary N) is 2. The van der Waals surface area contributed by atoms with Crippen molar-refractivity contribution in [3.05, 3.63) is 46.3 Å².